The Labute approximate surface area is 172 Å². The molecule has 0 aromatic carbocycles. The molecule has 0 saturated carbocycles. The molecular weight excluding hydrogens is 350 g/mol. The molecule has 4 heteroatoms. The number of ketones is 1. The third-order valence-corrected chi connectivity index (χ3v) is 5.45. The molecule has 0 aromatic rings. The van der Waals surface area contributed by atoms with Gasteiger partial charge in [-0.1, -0.05) is 97.3 Å². The van der Waals surface area contributed by atoms with E-state index in [0.29, 0.717) is 18.7 Å². The summed E-state index contributed by atoms with van der Waals surface area (Å²) in [7, 11) is 0. The van der Waals surface area contributed by atoms with Gasteiger partial charge in [0.1, 0.15) is 0 Å². The number of allylic oxidation sites excluding steroid dienone is 1. The van der Waals surface area contributed by atoms with Gasteiger partial charge in [-0.2, -0.15) is 0 Å². The highest BCUT2D eigenvalue weighted by Gasteiger charge is 2.29. The highest BCUT2D eigenvalue weighted by atomic mass is 16.5. The van der Waals surface area contributed by atoms with Crippen LogP contribution in [-0.2, 0) is 14.3 Å². The molecule has 28 heavy (non-hydrogen) atoms. The third-order valence-electron chi connectivity index (χ3n) is 5.45. The fourth-order valence-electron chi connectivity index (χ4n) is 3.62. The Morgan fingerprint density at radius 1 is 0.821 bits per heavy atom. The maximum atomic E-state index is 12.0. The van der Waals surface area contributed by atoms with E-state index in [9.17, 15) is 9.59 Å². The third kappa shape index (κ3) is 12.2. The largest absolute Gasteiger partial charge is 0.465 e. The van der Waals surface area contributed by atoms with E-state index < -0.39 is 6.10 Å². The normalized spacial score (nSPS) is 17.7. The van der Waals surface area contributed by atoms with Gasteiger partial charge in [-0.25, -0.2) is 0 Å². The Morgan fingerprint density at radius 3 is 1.86 bits per heavy atom. The molecule has 1 saturated heterocycles. The Morgan fingerprint density at radius 2 is 1.32 bits per heavy atom. The van der Waals surface area contributed by atoms with Crippen molar-refractivity contribution in [3.05, 3.63) is 12.0 Å². The smallest absolute Gasteiger partial charge is 0.267 e. The van der Waals surface area contributed by atoms with Gasteiger partial charge in [-0.15, -0.1) is 0 Å². The minimum Gasteiger partial charge on any atom is -0.465 e. The van der Waals surface area contributed by atoms with E-state index in [1.165, 1.54) is 76.7 Å². The predicted molar refractivity (Wildman–Crippen MR) is 116 cm³/mol. The van der Waals surface area contributed by atoms with Crippen LogP contribution in [0.3, 0.4) is 0 Å². The van der Waals surface area contributed by atoms with Gasteiger partial charge in [0.05, 0.1) is 0 Å². The van der Waals surface area contributed by atoms with Crippen LogP contribution in [0.2, 0.25) is 0 Å². The Balaban J connectivity index is 1.95. The lowest BCUT2D eigenvalue weighted by Gasteiger charge is -2.05. The van der Waals surface area contributed by atoms with Crippen LogP contribution in [-0.4, -0.2) is 17.8 Å². The minimum absolute atomic E-state index is 0.0505. The summed E-state index contributed by atoms with van der Waals surface area (Å²) in [6, 6.07) is 0. The topological polar surface area (TPSA) is 55.4 Å². The summed E-state index contributed by atoms with van der Waals surface area (Å²) in [6.07, 6.45) is 21.2. The first-order chi connectivity index (χ1) is 13.7. The molecule has 162 valence electrons. The minimum atomic E-state index is -0.421. The Kier molecular flexibility index (Phi) is 14.7. The van der Waals surface area contributed by atoms with Gasteiger partial charge >= 0.3 is 0 Å². The molecule has 1 rings (SSSR count). The zero-order chi connectivity index (χ0) is 20.5. The van der Waals surface area contributed by atoms with Crippen molar-refractivity contribution >= 4 is 11.7 Å². The monoisotopic (exact) mass is 393 g/mol. The standard InChI is InChI=1S/C24H43NO3/c1-3-5-7-8-9-10-11-12-13-14-15-16-17-18-21(26)20-23-25-24(27)22(28-23)19-6-4-2/h20,22H,3-19H2,1-2H3,(H,25,27)/b23-20+/t22-/m0/s1. The fourth-order valence-corrected chi connectivity index (χ4v) is 3.62. The van der Waals surface area contributed by atoms with Gasteiger partial charge in [0.2, 0.25) is 0 Å². The predicted octanol–water partition coefficient (Wildman–Crippen LogP) is 6.58. The summed E-state index contributed by atoms with van der Waals surface area (Å²) in [5.74, 6) is 0.272. The fraction of sp³-hybridized carbons (Fsp3) is 0.833. The number of ether oxygens (including phenoxy) is 1. The van der Waals surface area contributed by atoms with E-state index in [2.05, 4.69) is 19.2 Å². The summed E-state index contributed by atoms with van der Waals surface area (Å²) in [4.78, 5) is 23.8. The molecule has 4 nitrogen and oxygen atoms in total. The van der Waals surface area contributed by atoms with Gasteiger partial charge < -0.3 is 4.74 Å². The van der Waals surface area contributed by atoms with Crippen LogP contribution in [0.15, 0.2) is 12.0 Å². The number of amides is 1. The zero-order valence-electron chi connectivity index (χ0n) is 18.4. The molecule has 1 heterocycles. The lowest BCUT2D eigenvalue weighted by Crippen LogP contribution is -2.22. The quantitative estimate of drug-likeness (QED) is 0.211. The molecule has 0 aromatic heterocycles. The first-order valence-electron chi connectivity index (χ1n) is 11.9. The van der Waals surface area contributed by atoms with Crippen LogP contribution in [0.4, 0.5) is 0 Å². The first-order valence-corrected chi connectivity index (χ1v) is 11.9. The SMILES string of the molecule is CCCCCCCCCCCCCCCC(=O)/C=C1\NC(=O)[C@H](CCCC)O1. The number of hydrogen-bond acceptors (Lipinski definition) is 3. The number of carbonyl (C=O) groups excluding carboxylic acids is 2. The van der Waals surface area contributed by atoms with Gasteiger partial charge in [0.15, 0.2) is 17.8 Å². The Bertz CT molecular complexity index is 459. The molecule has 1 aliphatic rings. The molecule has 0 spiro atoms. The van der Waals surface area contributed by atoms with E-state index in [1.54, 1.807) is 0 Å². The number of carbonyl (C=O) groups is 2. The van der Waals surface area contributed by atoms with Crippen LogP contribution in [0.5, 0.6) is 0 Å². The highest BCUT2D eigenvalue weighted by molar-refractivity contribution is 5.92. The van der Waals surface area contributed by atoms with E-state index in [4.69, 9.17) is 4.74 Å². The molecule has 0 aliphatic carbocycles. The average molecular weight is 394 g/mol. The number of rotatable bonds is 18. The molecule has 0 bridgehead atoms. The van der Waals surface area contributed by atoms with Gasteiger partial charge in [-0.3, -0.25) is 14.9 Å². The average Bonchev–Trinajstić information content (AvgIpc) is 3.02. The number of unbranched alkanes of at least 4 members (excludes halogenated alkanes) is 13. The van der Waals surface area contributed by atoms with Crippen LogP contribution < -0.4 is 5.32 Å². The van der Waals surface area contributed by atoms with Crippen molar-refractivity contribution in [2.45, 2.75) is 129 Å². The molecular formula is C24H43NO3. The maximum absolute atomic E-state index is 12.0. The second-order valence-electron chi connectivity index (χ2n) is 8.21. The van der Waals surface area contributed by atoms with Crippen LogP contribution in [0.25, 0.3) is 0 Å². The van der Waals surface area contributed by atoms with Gasteiger partial charge in [0, 0.05) is 12.5 Å². The van der Waals surface area contributed by atoms with Crippen molar-refractivity contribution in [3.63, 3.8) is 0 Å². The highest BCUT2D eigenvalue weighted by Crippen LogP contribution is 2.17. The van der Waals surface area contributed by atoms with Crippen LogP contribution >= 0.6 is 0 Å². The summed E-state index contributed by atoms with van der Waals surface area (Å²) in [5, 5.41) is 2.67. The molecule has 1 aliphatic heterocycles. The molecule has 1 atom stereocenters. The van der Waals surface area contributed by atoms with Crippen molar-refractivity contribution in [2.75, 3.05) is 0 Å². The first kappa shape index (κ1) is 24.7. The number of nitrogens with one attached hydrogen (secondary N) is 1. The summed E-state index contributed by atoms with van der Waals surface area (Å²) < 4.78 is 5.54. The second-order valence-corrected chi connectivity index (χ2v) is 8.21. The van der Waals surface area contributed by atoms with Crippen molar-refractivity contribution in [3.8, 4) is 0 Å². The van der Waals surface area contributed by atoms with Crippen molar-refractivity contribution in [1.29, 1.82) is 0 Å². The van der Waals surface area contributed by atoms with Crippen molar-refractivity contribution in [1.82, 2.24) is 5.32 Å². The lowest BCUT2D eigenvalue weighted by molar-refractivity contribution is -0.123. The second kappa shape index (κ2) is 16.6. The lowest BCUT2D eigenvalue weighted by atomic mass is 10.0. The summed E-state index contributed by atoms with van der Waals surface area (Å²) >= 11 is 0. The van der Waals surface area contributed by atoms with Gasteiger partial charge in [-0.05, 0) is 19.3 Å². The Hall–Kier alpha value is -1.32. The molecule has 0 unspecified atom stereocenters. The molecule has 0 radical (unpaired) electrons. The summed E-state index contributed by atoms with van der Waals surface area (Å²) in [5.41, 5.74) is 0. The van der Waals surface area contributed by atoms with Crippen molar-refractivity contribution < 1.29 is 14.3 Å². The molecule has 1 amide bonds. The maximum Gasteiger partial charge on any atom is 0.267 e. The van der Waals surface area contributed by atoms with E-state index in [1.807, 2.05) is 0 Å². The van der Waals surface area contributed by atoms with Gasteiger partial charge in [0.25, 0.3) is 5.91 Å². The van der Waals surface area contributed by atoms with Crippen LogP contribution in [0, 0.1) is 0 Å². The van der Waals surface area contributed by atoms with E-state index in [0.717, 1.165) is 25.7 Å². The van der Waals surface area contributed by atoms with Crippen molar-refractivity contribution in [2.24, 2.45) is 0 Å². The van der Waals surface area contributed by atoms with Crippen LogP contribution in [0.1, 0.15) is 123 Å². The zero-order valence-corrected chi connectivity index (χ0v) is 18.4. The number of hydrogen-bond donors (Lipinski definition) is 1. The van der Waals surface area contributed by atoms with E-state index in [-0.39, 0.29) is 11.7 Å². The molecule has 1 fully saturated rings. The molecule has 1 N–H and O–H groups in total. The van der Waals surface area contributed by atoms with E-state index >= 15 is 0 Å². The summed E-state index contributed by atoms with van der Waals surface area (Å²) in [6.45, 7) is 4.35.